The summed E-state index contributed by atoms with van der Waals surface area (Å²) in [7, 11) is 0. The topological polar surface area (TPSA) is 99.3 Å². The van der Waals surface area contributed by atoms with E-state index in [2.05, 4.69) is 15.6 Å². The Morgan fingerprint density at radius 2 is 1.93 bits per heavy atom. The Morgan fingerprint density at radius 1 is 1.15 bits per heavy atom. The molecule has 0 aliphatic rings. The highest BCUT2D eigenvalue weighted by atomic mass is 16.2. The molecule has 0 unspecified atom stereocenters. The van der Waals surface area contributed by atoms with E-state index < -0.39 is 5.91 Å². The summed E-state index contributed by atoms with van der Waals surface area (Å²) in [6, 6.07) is 14.0. The molecule has 2 heterocycles. The van der Waals surface area contributed by atoms with E-state index in [0.29, 0.717) is 23.3 Å². The average molecular weight is 361 g/mol. The van der Waals surface area contributed by atoms with E-state index in [-0.39, 0.29) is 17.4 Å². The number of para-hydroxylation sites is 1. The maximum Gasteiger partial charge on any atom is 0.287 e. The van der Waals surface area contributed by atoms with Gasteiger partial charge < -0.3 is 10.6 Å². The smallest absolute Gasteiger partial charge is 0.287 e. The van der Waals surface area contributed by atoms with E-state index in [0.717, 1.165) is 12.8 Å². The summed E-state index contributed by atoms with van der Waals surface area (Å²) >= 11 is 0. The van der Waals surface area contributed by atoms with Gasteiger partial charge in [-0.1, -0.05) is 31.5 Å². The van der Waals surface area contributed by atoms with E-state index >= 15 is 0 Å². The number of anilines is 1. The van der Waals surface area contributed by atoms with Gasteiger partial charge in [0.05, 0.1) is 16.8 Å². The van der Waals surface area contributed by atoms with Crippen molar-refractivity contribution in [3.8, 4) is 6.07 Å². The number of benzene rings is 1. The number of carbonyl (C=O) groups is 2. The third-order valence-corrected chi connectivity index (χ3v) is 4.08. The van der Waals surface area contributed by atoms with Crippen LogP contribution in [0.2, 0.25) is 0 Å². The summed E-state index contributed by atoms with van der Waals surface area (Å²) < 4.78 is 1.59. The van der Waals surface area contributed by atoms with Crippen LogP contribution in [0, 0.1) is 11.3 Å². The van der Waals surface area contributed by atoms with Gasteiger partial charge in [0.2, 0.25) is 5.82 Å². The first-order valence-corrected chi connectivity index (χ1v) is 8.71. The Hall–Kier alpha value is -3.66. The van der Waals surface area contributed by atoms with Gasteiger partial charge in [-0.05, 0) is 30.7 Å². The van der Waals surface area contributed by atoms with Crippen LogP contribution in [0.4, 0.5) is 5.69 Å². The Morgan fingerprint density at radius 3 is 2.70 bits per heavy atom. The molecule has 0 saturated heterocycles. The molecule has 0 aliphatic carbocycles. The number of nitriles is 1. The molecule has 7 nitrogen and oxygen atoms in total. The largest absolute Gasteiger partial charge is 0.349 e. The van der Waals surface area contributed by atoms with Gasteiger partial charge in [0, 0.05) is 12.7 Å². The van der Waals surface area contributed by atoms with Crippen molar-refractivity contribution < 1.29 is 9.59 Å². The third kappa shape index (κ3) is 3.80. The summed E-state index contributed by atoms with van der Waals surface area (Å²) in [5.74, 6) is -0.657. The first-order valence-electron chi connectivity index (χ1n) is 8.71. The number of fused-ring (bicyclic) bond motifs is 1. The van der Waals surface area contributed by atoms with Crippen molar-refractivity contribution in [3.05, 3.63) is 65.7 Å². The van der Waals surface area contributed by atoms with Crippen molar-refractivity contribution in [2.24, 2.45) is 0 Å². The maximum atomic E-state index is 12.8. The van der Waals surface area contributed by atoms with Crippen molar-refractivity contribution in [1.82, 2.24) is 14.7 Å². The summed E-state index contributed by atoms with van der Waals surface area (Å²) in [6.07, 6.45) is 3.53. The number of aromatic nitrogens is 2. The number of rotatable bonds is 6. The molecular weight excluding hydrogens is 342 g/mol. The molecule has 1 aromatic carbocycles. The van der Waals surface area contributed by atoms with Gasteiger partial charge in [-0.15, -0.1) is 0 Å². The van der Waals surface area contributed by atoms with E-state index in [1.54, 1.807) is 53.1 Å². The molecule has 0 atom stereocenters. The van der Waals surface area contributed by atoms with Crippen molar-refractivity contribution in [1.29, 1.82) is 5.26 Å². The van der Waals surface area contributed by atoms with Crippen LogP contribution in [-0.4, -0.2) is 27.7 Å². The molecule has 7 heteroatoms. The Kier molecular flexibility index (Phi) is 5.47. The highest BCUT2D eigenvalue weighted by Gasteiger charge is 2.21. The van der Waals surface area contributed by atoms with Crippen LogP contribution >= 0.6 is 0 Å². The summed E-state index contributed by atoms with van der Waals surface area (Å²) in [6.45, 7) is 2.59. The fourth-order valence-electron chi connectivity index (χ4n) is 2.69. The molecule has 27 heavy (non-hydrogen) atoms. The lowest BCUT2D eigenvalue weighted by molar-refractivity contribution is 0.0942. The van der Waals surface area contributed by atoms with Crippen LogP contribution in [0.5, 0.6) is 0 Å². The summed E-state index contributed by atoms with van der Waals surface area (Å²) in [5, 5.41) is 14.7. The van der Waals surface area contributed by atoms with E-state index in [9.17, 15) is 14.9 Å². The first-order chi connectivity index (χ1) is 13.2. The quantitative estimate of drug-likeness (QED) is 0.659. The predicted molar refractivity (Wildman–Crippen MR) is 102 cm³/mol. The van der Waals surface area contributed by atoms with E-state index in [1.165, 1.54) is 0 Å². The number of unbranched alkanes of at least 4 members (excludes halogenated alkanes) is 1. The van der Waals surface area contributed by atoms with Gasteiger partial charge in [-0.25, -0.2) is 4.98 Å². The summed E-state index contributed by atoms with van der Waals surface area (Å²) in [4.78, 5) is 29.5. The first kappa shape index (κ1) is 18.1. The molecule has 3 aromatic rings. The molecule has 3 rings (SSSR count). The summed E-state index contributed by atoms with van der Waals surface area (Å²) in [5.41, 5.74) is 1.40. The monoisotopic (exact) mass is 361 g/mol. The minimum absolute atomic E-state index is 0.129. The molecule has 136 valence electrons. The number of carbonyl (C=O) groups excluding carboxylic acids is 2. The number of amides is 2. The molecule has 2 aromatic heterocycles. The van der Waals surface area contributed by atoms with Crippen LogP contribution in [-0.2, 0) is 0 Å². The number of nitrogens with zero attached hydrogens (tertiary/aromatic N) is 3. The number of imidazole rings is 1. The number of nitrogens with one attached hydrogen (secondary N) is 2. The zero-order valence-electron chi connectivity index (χ0n) is 14.9. The second kappa shape index (κ2) is 8.15. The second-order valence-electron chi connectivity index (χ2n) is 5.96. The standard InChI is InChI=1S/C20H19N5O2/c1-2-3-11-22-20(27)18-24-17(16-10-6-7-12-25(16)18)19(26)23-15-9-5-4-8-14(15)13-21/h4-10,12H,2-3,11H2,1H3,(H,22,27)(H,23,26). The van der Waals surface area contributed by atoms with Gasteiger partial charge >= 0.3 is 0 Å². The highest BCUT2D eigenvalue weighted by Crippen LogP contribution is 2.18. The zero-order valence-corrected chi connectivity index (χ0v) is 14.9. The van der Waals surface area contributed by atoms with Gasteiger partial charge in [-0.2, -0.15) is 5.26 Å². The van der Waals surface area contributed by atoms with Crippen molar-refractivity contribution in [2.75, 3.05) is 11.9 Å². The number of pyridine rings is 1. The van der Waals surface area contributed by atoms with Gasteiger partial charge in [0.1, 0.15) is 6.07 Å². The zero-order chi connectivity index (χ0) is 19.2. The second-order valence-corrected chi connectivity index (χ2v) is 5.96. The fraction of sp³-hybridized carbons (Fsp3) is 0.200. The van der Waals surface area contributed by atoms with Crippen molar-refractivity contribution in [3.63, 3.8) is 0 Å². The number of hydrogen-bond donors (Lipinski definition) is 2. The molecule has 2 N–H and O–H groups in total. The van der Waals surface area contributed by atoms with Crippen LogP contribution in [0.1, 0.15) is 46.4 Å². The fourth-order valence-corrected chi connectivity index (χ4v) is 2.69. The van der Waals surface area contributed by atoms with E-state index in [4.69, 9.17) is 0 Å². The molecule has 0 radical (unpaired) electrons. The third-order valence-electron chi connectivity index (χ3n) is 4.08. The SMILES string of the molecule is CCCCNC(=O)c1nc(C(=O)Nc2ccccc2C#N)c2ccccn12. The molecule has 2 amide bonds. The van der Waals surface area contributed by atoms with Gasteiger partial charge in [0.15, 0.2) is 5.69 Å². The average Bonchev–Trinajstić information content (AvgIpc) is 3.08. The number of hydrogen-bond acceptors (Lipinski definition) is 4. The lowest BCUT2D eigenvalue weighted by Gasteiger charge is -2.05. The maximum absolute atomic E-state index is 12.8. The van der Waals surface area contributed by atoms with E-state index in [1.807, 2.05) is 13.0 Å². The molecule has 0 saturated carbocycles. The van der Waals surface area contributed by atoms with Crippen LogP contribution < -0.4 is 10.6 Å². The molecule has 0 bridgehead atoms. The Labute approximate surface area is 156 Å². The van der Waals surface area contributed by atoms with Crippen LogP contribution in [0.25, 0.3) is 5.52 Å². The Bertz CT molecular complexity index is 1030. The van der Waals surface area contributed by atoms with Gasteiger partial charge in [-0.3, -0.25) is 14.0 Å². The van der Waals surface area contributed by atoms with Gasteiger partial charge in [0.25, 0.3) is 11.8 Å². The van der Waals surface area contributed by atoms with Crippen molar-refractivity contribution >= 4 is 23.0 Å². The Balaban J connectivity index is 1.94. The van der Waals surface area contributed by atoms with Crippen LogP contribution in [0.15, 0.2) is 48.7 Å². The van der Waals surface area contributed by atoms with Crippen LogP contribution in [0.3, 0.4) is 0 Å². The predicted octanol–water partition coefficient (Wildman–Crippen LogP) is 2.99. The lowest BCUT2D eigenvalue weighted by atomic mass is 10.2. The minimum atomic E-state index is -0.478. The molecular formula is C20H19N5O2. The normalized spacial score (nSPS) is 10.4. The molecule has 0 spiro atoms. The lowest BCUT2D eigenvalue weighted by Crippen LogP contribution is -2.26. The van der Waals surface area contributed by atoms with Crippen molar-refractivity contribution in [2.45, 2.75) is 19.8 Å². The molecule has 0 aliphatic heterocycles. The minimum Gasteiger partial charge on any atom is -0.349 e. The highest BCUT2D eigenvalue weighted by molar-refractivity contribution is 6.09. The molecule has 0 fully saturated rings.